The Morgan fingerprint density at radius 1 is 0.407 bits per heavy atom. The zero-order valence-corrected chi connectivity index (χ0v) is 16.9. The van der Waals surface area contributed by atoms with Crippen LogP contribution in [-0.2, 0) is 0 Å². The van der Waals surface area contributed by atoms with Gasteiger partial charge in [0, 0.05) is 0 Å². The van der Waals surface area contributed by atoms with Crippen LogP contribution >= 0.6 is 7.26 Å². The summed E-state index contributed by atoms with van der Waals surface area (Å²) in [5.74, 6) is 0. The van der Waals surface area contributed by atoms with E-state index in [1.807, 2.05) is 0 Å². The van der Waals surface area contributed by atoms with E-state index in [0.29, 0.717) is 0 Å². The second-order valence-corrected chi connectivity index (χ2v) is 10.8. The summed E-state index contributed by atoms with van der Waals surface area (Å²) in [6.45, 7) is 4.50. The van der Waals surface area contributed by atoms with Crippen molar-refractivity contribution in [2.45, 2.75) is 13.8 Å². The quantitative estimate of drug-likeness (QED) is 0.460. The van der Waals surface area contributed by atoms with Gasteiger partial charge in [0.25, 0.3) is 0 Å². The normalized spacial score (nSPS) is 11.9. The van der Waals surface area contributed by atoms with E-state index in [1.54, 1.807) is 0 Å². The van der Waals surface area contributed by atoms with Crippen molar-refractivity contribution in [2.24, 2.45) is 0 Å². The van der Waals surface area contributed by atoms with Gasteiger partial charge in [-0.15, -0.1) is 0 Å². The third-order valence-corrected chi connectivity index (χ3v) is 10.6. The molecule has 0 radical (unpaired) electrons. The Bertz CT molecular complexity index is 949. The van der Waals surface area contributed by atoms with Crippen LogP contribution in [0.4, 0.5) is 0 Å². The number of benzene rings is 4. The molecular weight excluding hydrogens is 343 g/mol. The topological polar surface area (TPSA) is 0 Å². The zero-order chi connectivity index (χ0) is 18.7. The molecule has 0 spiro atoms. The van der Waals surface area contributed by atoms with Crippen molar-refractivity contribution in [3.05, 3.63) is 120 Å². The number of rotatable bonds is 4. The van der Waals surface area contributed by atoms with Gasteiger partial charge in [0.05, 0.1) is 0 Å². The van der Waals surface area contributed by atoms with Gasteiger partial charge in [0.2, 0.25) is 0 Å². The van der Waals surface area contributed by atoms with Crippen molar-refractivity contribution >= 4 is 28.5 Å². The second kappa shape index (κ2) is 7.51. The average molecular weight is 368 g/mol. The summed E-state index contributed by atoms with van der Waals surface area (Å²) in [7, 11) is -2.39. The molecule has 0 aliphatic carbocycles. The number of hydrogen-bond donors (Lipinski definition) is 0. The van der Waals surface area contributed by atoms with Crippen LogP contribution in [0.5, 0.6) is 0 Å². The second-order valence-electron chi connectivity index (χ2n) is 7.11. The molecule has 0 aromatic heterocycles. The molecule has 0 nitrogen and oxygen atoms in total. The summed E-state index contributed by atoms with van der Waals surface area (Å²) >= 11 is 0. The van der Waals surface area contributed by atoms with Gasteiger partial charge < -0.3 is 0 Å². The Balaban J connectivity index is 2.20. The summed E-state index contributed by atoms with van der Waals surface area (Å²) in [6, 6.07) is 40.1. The van der Waals surface area contributed by atoms with Crippen LogP contribution in [0.25, 0.3) is 0 Å². The fraction of sp³-hybridized carbons (Fsp3) is 0.0769. The summed E-state index contributed by atoms with van der Waals surface area (Å²) in [5, 5.41) is 5.80. The van der Waals surface area contributed by atoms with Crippen molar-refractivity contribution in [1.82, 2.24) is 0 Å². The van der Waals surface area contributed by atoms with Gasteiger partial charge in [-0.3, -0.25) is 0 Å². The van der Waals surface area contributed by atoms with E-state index >= 15 is 0 Å². The van der Waals surface area contributed by atoms with Crippen molar-refractivity contribution in [1.29, 1.82) is 0 Å². The number of aryl methyl sites for hydroxylation is 2. The van der Waals surface area contributed by atoms with Crippen LogP contribution in [0.1, 0.15) is 11.1 Å². The summed E-state index contributed by atoms with van der Waals surface area (Å²) in [6.07, 6.45) is 0. The molecule has 1 heteroatoms. The minimum absolute atomic E-state index is 1.36. The Labute approximate surface area is 162 Å². The molecule has 0 saturated heterocycles. The van der Waals surface area contributed by atoms with Crippen LogP contribution < -0.4 is 21.2 Å². The first-order valence-corrected chi connectivity index (χ1v) is 11.5. The molecule has 0 aliphatic rings. The van der Waals surface area contributed by atoms with Crippen LogP contribution in [0, 0.1) is 13.8 Å². The van der Waals surface area contributed by atoms with E-state index in [-0.39, 0.29) is 0 Å². The van der Waals surface area contributed by atoms with Gasteiger partial charge in [-0.2, -0.15) is 0 Å². The SMILES string of the molecule is Cc1ccccc1[PH](c1ccccc1)(c1ccccc1)c1ccccc1C. The van der Waals surface area contributed by atoms with E-state index in [2.05, 4.69) is 123 Å². The van der Waals surface area contributed by atoms with Crippen molar-refractivity contribution in [2.75, 3.05) is 0 Å². The number of hydrogen-bond acceptors (Lipinski definition) is 0. The standard InChI is InChI=1S/C26H25P/c1-21-13-9-11-19-25(21)27(23-15-5-3-6-16-23,24-17-7-4-8-18-24)26-20-12-10-14-22(26)2/h3-20,27H,1-2H3. The first-order chi connectivity index (χ1) is 13.2. The molecule has 0 N–H and O–H groups in total. The monoisotopic (exact) mass is 368 g/mol. The molecule has 4 rings (SSSR count). The molecule has 0 unspecified atom stereocenters. The summed E-state index contributed by atoms with van der Waals surface area (Å²) in [5.41, 5.74) is 2.72. The predicted octanol–water partition coefficient (Wildman–Crippen LogP) is 4.66. The van der Waals surface area contributed by atoms with E-state index < -0.39 is 7.26 Å². The van der Waals surface area contributed by atoms with E-state index in [9.17, 15) is 0 Å². The van der Waals surface area contributed by atoms with E-state index in [1.165, 1.54) is 32.3 Å². The summed E-state index contributed by atoms with van der Waals surface area (Å²) < 4.78 is 0. The zero-order valence-electron chi connectivity index (χ0n) is 15.9. The fourth-order valence-corrected chi connectivity index (χ4v) is 9.59. The molecule has 0 saturated carbocycles. The van der Waals surface area contributed by atoms with Crippen LogP contribution in [0.15, 0.2) is 109 Å². The van der Waals surface area contributed by atoms with E-state index in [4.69, 9.17) is 0 Å². The third-order valence-electron chi connectivity index (χ3n) is 5.51. The molecule has 4 aromatic carbocycles. The van der Waals surface area contributed by atoms with Crippen LogP contribution in [0.2, 0.25) is 0 Å². The molecule has 0 heterocycles. The first-order valence-electron chi connectivity index (χ1n) is 9.48. The molecule has 0 bridgehead atoms. The van der Waals surface area contributed by atoms with Gasteiger partial charge in [0.15, 0.2) is 0 Å². The van der Waals surface area contributed by atoms with Crippen molar-refractivity contribution in [3.63, 3.8) is 0 Å². The first kappa shape index (κ1) is 17.7. The van der Waals surface area contributed by atoms with Crippen LogP contribution in [-0.4, -0.2) is 0 Å². The Kier molecular flexibility index (Phi) is 4.92. The Hall–Kier alpha value is -2.69. The Morgan fingerprint density at radius 3 is 1.11 bits per heavy atom. The van der Waals surface area contributed by atoms with Gasteiger partial charge in [-0.05, 0) is 0 Å². The van der Waals surface area contributed by atoms with Crippen LogP contribution in [0.3, 0.4) is 0 Å². The maximum absolute atomic E-state index is 2.39. The van der Waals surface area contributed by atoms with E-state index in [0.717, 1.165) is 0 Å². The molecule has 134 valence electrons. The van der Waals surface area contributed by atoms with Gasteiger partial charge >= 0.3 is 163 Å². The third kappa shape index (κ3) is 3.01. The molecule has 0 atom stereocenters. The van der Waals surface area contributed by atoms with Gasteiger partial charge in [-0.1, -0.05) is 0 Å². The molecule has 4 aromatic rings. The molecule has 0 aliphatic heterocycles. The Morgan fingerprint density at radius 2 is 0.741 bits per heavy atom. The molecule has 27 heavy (non-hydrogen) atoms. The fourth-order valence-electron chi connectivity index (χ4n) is 4.30. The summed E-state index contributed by atoms with van der Waals surface area (Å²) in [4.78, 5) is 0. The van der Waals surface area contributed by atoms with Crippen molar-refractivity contribution in [3.8, 4) is 0 Å². The molecule has 0 amide bonds. The van der Waals surface area contributed by atoms with Crippen molar-refractivity contribution < 1.29 is 0 Å². The van der Waals surface area contributed by atoms with Gasteiger partial charge in [0.1, 0.15) is 0 Å². The molecular formula is C26H25P. The average Bonchev–Trinajstić information content (AvgIpc) is 2.73. The minimum atomic E-state index is -2.39. The predicted molar refractivity (Wildman–Crippen MR) is 122 cm³/mol. The maximum atomic E-state index is 2.34. The molecule has 0 fully saturated rings. The van der Waals surface area contributed by atoms with Gasteiger partial charge in [-0.25, -0.2) is 0 Å².